The van der Waals surface area contributed by atoms with Crippen molar-refractivity contribution in [1.29, 1.82) is 0 Å². The molecule has 2 aromatic carbocycles. The summed E-state index contributed by atoms with van der Waals surface area (Å²) in [6.45, 7) is 17.8. The summed E-state index contributed by atoms with van der Waals surface area (Å²) in [5.74, 6) is 0. The zero-order chi connectivity index (χ0) is 25.8. The molecule has 0 atom stereocenters. The summed E-state index contributed by atoms with van der Waals surface area (Å²) in [4.78, 5) is 0. The Hall–Kier alpha value is -1.05. The minimum atomic E-state index is 0. The van der Waals surface area contributed by atoms with Crippen LogP contribution in [0.1, 0.15) is 89.6 Å². The van der Waals surface area contributed by atoms with E-state index >= 15 is 0 Å². The van der Waals surface area contributed by atoms with Crippen molar-refractivity contribution in [2.45, 2.75) is 79.1 Å². The van der Waals surface area contributed by atoms with Gasteiger partial charge >= 0.3 is 41.3 Å². The molecule has 2 aliphatic rings. The van der Waals surface area contributed by atoms with Crippen LogP contribution in [-0.4, -0.2) is 3.21 Å². The zero-order valence-corrected chi connectivity index (χ0v) is 28.3. The summed E-state index contributed by atoms with van der Waals surface area (Å²) < 4.78 is 1.51. The number of allylic oxidation sites excluding steroid dienone is 4. The van der Waals surface area contributed by atoms with E-state index in [1.54, 1.807) is 35.6 Å². The molecule has 0 saturated carbocycles. The fourth-order valence-electron chi connectivity index (χ4n) is 4.05. The van der Waals surface area contributed by atoms with Gasteiger partial charge in [-0.25, -0.2) is 0 Å². The van der Waals surface area contributed by atoms with Gasteiger partial charge in [0.15, 0.2) is 0 Å². The van der Waals surface area contributed by atoms with Crippen molar-refractivity contribution in [3.8, 4) is 11.1 Å². The van der Waals surface area contributed by atoms with E-state index in [2.05, 4.69) is 127 Å². The Balaban J connectivity index is 0.000000358. The molecule has 1 heterocycles. The van der Waals surface area contributed by atoms with Gasteiger partial charge in [0.05, 0.1) is 0 Å². The fraction of sp³-hybridized carbons (Fsp3) is 0.364. The van der Waals surface area contributed by atoms with E-state index in [-0.39, 0.29) is 35.6 Å². The van der Waals surface area contributed by atoms with Gasteiger partial charge in [-0.1, -0.05) is 83.2 Å². The first-order valence-corrected chi connectivity index (χ1v) is 14.5. The maximum absolute atomic E-state index is 3.67. The minimum Gasteiger partial charge on any atom is -0.197 e. The molecule has 0 saturated heterocycles. The van der Waals surface area contributed by atoms with Crippen LogP contribution >= 0.6 is 36.2 Å². The van der Waals surface area contributed by atoms with Crippen molar-refractivity contribution in [3.05, 3.63) is 99.3 Å². The average molecular weight is 631 g/mol. The van der Waals surface area contributed by atoms with Gasteiger partial charge in [-0.2, -0.15) is 52.8 Å². The second-order valence-corrected chi connectivity index (χ2v) is 14.8. The van der Waals surface area contributed by atoms with Gasteiger partial charge < -0.3 is 0 Å². The third-order valence-electron chi connectivity index (χ3n) is 5.99. The summed E-state index contributed by atoms with van der Waals surface area (Å²) in [5.41, 5.74) is 11.3. The first-order chi connectivity index (χ1) is 16.4. The molecule has 0 fully saturated rings. The first kappa shape index (κ1) is 34.0. The second kappa shape index (κ2) is 14.4. The number of thiophene rings is 1. The number of fused-ring (bicyclic) bond motifs is 3. The molecule has 3 aromatic rings. The summed E-state index contributed by atoms with van der Waals surface area (Å²) in [7, 11) is 0. The van der Waals surface area contributed by atoms with Crippen molar-refractivity contribution >= 4 is 44.9 Å². The van der Waals surface area contributed by atoms with Gasteiger partial charge in [0.25, 0.3) is 0 Å². The van der Waals surface area contributed by atoms with E-state index in [1.165, 1.54) is 47.7 Å². The Morgan fingerprint density at radius 3 is 2.05 bits per heavy atom. The predicted octanol–water partition coefficient (Wildman–Crippen LogP) is 10.1. The van der Waals surface area contributed by atoms with Gasteiger partial charge in [-0.05, 0) is 33.8 Å². The fourth-order valence-corrected chi connectivity index (χ4v) is 4.70. The van der Waals surface area contributed by atoms with Crippen molar-refractivity contribution in [2.75, 3.05) is 0 Å². The monoisotopic (exact) mass is 628 g/mol. The molecule has 0 aliphatic heterocycles. The molecule has 2 aliphatic carbocycles. The smallest absolute Gasteiger partial charge is 0.0219 e. The molecule has 5 rings (SSSR count). The quantitative estimate of drug-likeness (QED) is 0.184. The Labute approximate surface area is 256 Å². The van der Waals surface area contributed by atoms with Crippen molar-refractivity contribution < 1.29 is 24.2 Å². The molecule has 196 valence electrons. The molecular weight excluding hydrogens is 591 g/mol. The van der Waals surface area contributed by atoms with Crippen molar-refractivity contribution in [3.63, 3.8) is 0 Å². The van der Waals surface area contributed by atoms with Gasteiger partial charge in [0.1, 0.15) is 0 Å². The topological polar surface area (TPSA) is 0 Å². The number of rotatable bonds is 1. The minimum absolute atomic E-state index is 0. The molecule has 0 radical (unpaired) electrons. The largest absolute Gasteiger partial charge is 0.197 e. The molecule has 4 heteroatoms. The van der Waals surface area contributed by atoms with Gasteiger partial charge in [-0.15, -0.1) is 47.6 Å². The van der Waals surface area contributed by atoms with Crippen LogP contribution in [-0.2, 0) is 41.5 Å². The summed E-state index contributed by atoms with van der Waals surface area (Å²) in [6, 6.07) is 17.3. The average Bonchev–Trinajstić information content (AvgIpc) is 3.51. The molecule has 0 unspecified atom stereocenters. The molecule has 0 spiro atoms. The van der Waals surface area contributed by atoms with Crippen LogP contribution in [0.15, 0.2) is 59.3 Å². The van der Waals surface area contributed by atoms with Crippen LogP contribution in [0.25, 0.3) is 16.7 Å². The maximum atomic E-state index is 3.67. The van der Waals surface area contributed by atoms with Crippen molar-refractivity contribution in [2.24, 2.45) is 0 Å². The Morgan fingerprint density at radius 1 is 0.892 bits per heavy atom. The SMILES string of the molecule is CC(C)(C)c1[c-]c2c(cc1)-c1ccc(C(C)(C)C)cc1C2.C[C](C)=[Zr+2].Cl.Cl.[C-]1=C(c2ccsc2)C=CC1. The predicted molar refractivity (Wildman–Crippen MR) is 166 cm³/mol. The summed E-state index contributed by atoms with van der Waals surface area (Å²) in [6.07, 6.45) is 9.53. The van der Waals surface area contributed by atoms with E-state index < -0.39 is 0 Å². The third-order valence-corrected chi connectivity index (χ3v) is 6.67. The number of hydrogen-bond donors (Lipinski definition) is 0. The van der Waals surface area contributed by atoms with Crippen LogP contribution in [0, 0.1) is 12.1 Å². The zero-order valence-electron chi connectivity index (χ0n) is 23.4. The number of halogens is 2. The Bertz CT molecular complexity index is 1170. The summed E-state index contributed by atoms with van der Waals surface area (Å²) in [5, 5.41) is 4.24. The van der Waals surface area contributed by atoms with E-state index in [4.69, 9.17) is 0 Å². The van der Waals surface area contributed by atoms with E-state index in [9.17, 15) is 0 Å². The van der Waals surface area contributed by atoms with Gasteiger partial charge in [0, 0.05) is 0 Å². The van der Waals surface area contributed by atoms with Crippen LogP contribution < -0.4 is 0 Å². The second-order valence-electron chi connectivity index (χ2n) is 11.5. The molecule has 0 N–H and O–H groups in total. The van der Waals surface area contributed by atoms with Crippen LogP contribution in [0.5, 0.6) is 0 Å². The maximum Gasteiger partial charge on any atom is -0.0219 e. The Kier molecular flexibility index (Phi) is 13.2. The third kappa shape index (κ3) is 9.58. The van der Waals surface area contributed by atoms with Gasteiger partial charge in [0.2, 0.25) is 0 Å². The van der Waals surface area contributed by atoms with E-state index in [0.29, 0.717) is 0 Å². The summed E-state index contributed by atoms with van der Waals surface area (Å²) >= 11 is 3.29. The first-order valence-electron chi connectivity index (χ1n) is 12.4. The molecule has 1 aromatic heterocycles. The van der Waals surface area contributed by atoms with E-state index in [1.807, 2.05) is 0 Å². The van der Waals surface area contributed by atoms with Crippen molar-refractivity contribution in [1.82, 2.24) is 0 Å². The molecule has 0 nitrogen and oxygen atoms in total. The molecular formula is C33H40Cl2SZr. The molecule has 37 heavy (non-hydrogen) atoms. The Morgan fingerprint density at radius 2 is 1.54 bits per heavy atom. The van der Waals surface area contributed by atoms with Crippen LogP contribution in [0.3, 0.4) is 0 Å². The number of hydrogen-bond acceptors (Lipinski definition) is 1. The molecule has 0 amide bonds. The van der Waals surface area contributed by atoms with Crippen LogP contribution in [0.2, 0.25) is 0 Å². The van der Waals surface area contributed by atoms with Crippen LogP contribution in [0.4, 0.5) is 0 Å². The van der Waals surface area contributed by atoms with Gasteiger partial charge in [-0.3, -0.25) is 0 Å². The normalized spacial score (nSPS) is 13.0. The number of benzene rings is 2. The standard InChI is InChI=1S/C21H25.C9H7S.C3H6.2ClH.Zr/c1-20(2,3)16-7-9-18-14(12-16)11-15-13-17(21(4,5)6)8-10-19(15)18;1-2-4-8(3-1)9-5-6-10-7-9;1-3-2;;;/h7-10,12H,11H2,1-6H3;1,3,5-7H,2H2;1-2H3;2*1H;/q2*-1;;;;+2. The molecule has 0 bridgehead atoms. The van der Waals surface area contributed by atoms with E-state index in [0.717, 1.165) is 12.8 Å².